The fourth-order valence-electron chi connectivity index (χ4n) is 2.98. The van der Waals surface area contributed by atoms with Crippen LogP contribution in [0.3, 0.4) is 0 Å². The SMILES string of the molecule is CCC1CN(Cc2cccc(O)c2)Cc2cc(OC)ccc2O1. The molecule has 0 radical (unpaired) electrons. The number of phenols is 1. The fourth-order valence-corrected chi connectivity index (χ4v) is 2.98. The van der Waals surface area contributed by atoms with Crippen LogP contribution in [0.1, 0.15) is 24.5 Å². The molecule has 4 nitrogen and oxygen atoms in total. The topological polar surface area (TPSA) is 41.9 Å². The molecule has 0 saturated carbocycles. The molecule has 0 amide bonds. The number of ether oxygens (including phenoxy) is 2. The Labute approximate surface area is 137 Å². The Morgan fingerprint density at radius 1 is 1.26 bits per heavy atom. The molecule has 0 bridgehead atoms. The van der Waals surface area contributed by atoms with Gasteiger partial charge >= 0.3 is 0 Å². The van der Waals surface area contributed by atoms with Crippen LogP contribution in [0.5, 0.6) is 17.2 Å². The highest BCUT2D eigenvalue weighted by molar-refractivity contribution is 5.41. The van der Waals surface area contributed by atoms with Crippen molar-refractivity contribution in [1.82, 2.24) is 4.90 Å². The zero-order chi connectivity index (χ0) is 16.2. The summed E-state index contributed by atoms with van der Waals surface area (Å²) >= 11 is 0. The summed E-state index contributed by atoms with van der Waals surface area (Å²) in [5.74, 6) is 2.10. The lowest BCUT2D eigenvalue weighted by Crippen LogP contribution is -2.32. The minimum atomic E-state index is 0.168. The molecule has 0 aliphatic carbocycles. The monoisotopic (exact) mass is 313 g/mol. The standard InChI is InChI=1S/C19H23NO3/c1-3-17-13-20(11-14-5-4-6-16(21)9-14)12-15-10-18(22-2)7-8-19(15)23-17/h4-10,17,21H,3,11-13H2,1-2H3. The van der Waals surface area contributed by atoms with Gasteiger partial charge < -0.3 is 14.6 Å². The molecule has 0 spiro atoms. The first kappa shape index (κ1) is 15.7. The second kappa shape index (κ2) is 6.92. The van der Waals surface area contributed by atoms with E-state index in [9.17, 15) is 5.11 Å². The van der Waals surface area contributed by atoms with E-state index in [0.717, 1.165) is 48.7 Å². The van der Waals surface area contributed by atoms with Crippen LogP contribution < -0.4 is 9.47 Å². The molecule has 1 N–H and O–H groups in total. The lowest BCUT2D eigenvalue weighted by atomic mass is 10.1. The number of methoxy groups -OCH3 is 1. The van der Waals surface area contributed by atoms with Crippen LogP contribution >= 0.6 is 0 Å². The van der Waals surface area contributed by atoms with Crippen molar-refractivity contribution in [3.63, 3.8) is 0 Å². The number of hydrogen-bond acceptors (Lipinski definition) is 4. The maximum atomic E-state index is 9.66. The Morgan fingerprint density at radius 3 is 2.87 bits per heavy atom. The van der Waals surface area contributed by atoms with Gasteiger partial charge in [-0.2, -0.15) is 0 Å². The number of hydrogen-bond donors (Lipinski definition) is 1. The summed E-state index contributed by atoms with van der Waals surface area (Å²) in [5, 5.41) is 9.66. The number of benzene rings is 2. The van der Waals surface area contributed by atoms with Crippen molar-refractivity contribution in [2.24, 2.45) is 0 Å². The molecular weight excluding hydrogens is 290 g/mol. The summed E-state index contributed by atoms with van der Waals surface area (Å²) in [7, 11) is 1.68. The van der Waals surface area contributed by atoms with Crippen molar-refractivity contribution in [3.05, 3.63) is 53.6 Å². The van der Waals surface area contributed by atoms with E-state index in [1.54, 1.807) is 13.2 Å². The van der Waals surface area contributed by atoms with Gasteiger partial charge in [-0.3, -0.25) is 4.90 Å². The predicted octanol–water partition coefficient (Wildman–Crippen LogP) is 3.57. The Hall–Kier alpha value is -2.20. The van der Waals surface area contributed by atoms with Gasteiger partial charge in [-0.05, 0) is 42.3 Å². The van der Waals surface area contributed by atoms with Crippen LogP contribution in [0, 0.1) is 0 Å². The molecular formula is C19H23NO3. The molecule has 122 valence electrons. The summed E-state index contributed by atoms with van der Waals surface area (Å²) < 4.78 is 11.5. The van der Waals surface area contributed by atoms with E-state index in [1.165, 1.54) is 0 Å². The third-order valence-electron chi connectivity index (χ3n) is 4.19. The minimum Gasteiger partial charge on any atom is -0.508 e. The maximum Gasteiger partial charge on any atom is 0.124 e. The van der Waals surface area contributed by atoms with Gasteiger partial charge in [-0.15, -0.1) is 0 Å². The quantitative estimate of drug-likeness (QED) is 0.937. The lowest BCUT2D eigenvalue weighted by molar-refractivity contribution is 0.139. The first-order chi connectivity index (χ1) is 11.2. The van der Waals surface area contributed by atoms with Gasteiger partial charge in [0.25, 0.3) is 0 Å². The van der Waals surface area contributed by atoms with E-state index < -0.39 is 0 Å². The highest BCUT2D eigenvalue weighted by atomic mass is 16.5. The predicted molar refractivity (Wildman–Crippen MR) is 89.9 cm³/mol. The Balaban J connectivity index is 1.85. The smallest absolute Gasteiger partial charge is 0.124 e. The molecule has 1 atom stereocenters. The van der Waals surface area contributed by atoms with Crippen molar-refractivity contribution in [3.8, 4) is 17.2 Å². The number of fused-ring (bicyclic) bond motifs is 1. The van der Waals surface area contributed by atoms with Gasteiger partial charge in [-0.25, -0.2) is 0 Å². The third kappa shape index (κ3) is 3.77. The molecule has 1 aliphatic rings. The van der Waals surface area contributed by atoms with Gasteiger partial charge in [0.05, 0.1) is 7.11 Å². The zero-order valence-electron chi connectivity index (χ0n) is 13.7. The summed E-state index contributed by atoms with van der Waals surface area (Å²) in [5.41, 5.74) is 2.24. The normalized spacial score (nSPS) is 17.9. The average molecular weight is 313 g/mol. The first-order valence-corrected chi connectivity index (χ1v) is 8.01. The van der Waals surface area contributed by atoms with Crippen LogP contribution in [0.4, 0.5) is 0 Å². The maximum absolute atomic E-state index is 9.66. The highest BCUT2D eigenvalue weighted by Crippen LogP contribution is 2.30. The second-order valence-electron chi connectivity index (χ2n) is 5.96. The number of nitrogens with zero attached hydrogens (tertiary/aromatic N) is 1. The highest BCUT2D eigenvalue weighted by Gasteiger charge is 2.22. The van der Waals surface area contributed by atoms with Crippen LogP contribution in [0.25, 0.3) is 0 Å². The summed E-state index contributed by atoms with van der Waals surface area (Å²) in [4.78, 5) is 2.36. The summed E-state index contributed by atoms with van der Waals surface area (Å²) in [6.45, 7) is 4.60. The zero-order valence-corrected chi connectivity index (χ0v) is 13.7. The average Bonchev–Trinajstić information content (AvgIpc) is 2.72. The van der Waals surface area contributed by atoms with Gasteiger partial charge in [0.2, 0.25) is 0 Å². The molecule has 1 unspecified atom stereocenters. The lowest BCUT2D eigenvalue weighted by Gasteiger charge is -2.23. The fraction of sp³-hybridized carbons (Fsp3) is 0.368. The van der Waals surface area contributed by atoms with Gasteiger partial charge in [0.1, 0.15) is 23.4 Å². The van der Waals surface area contributed by atoms with Crippen LogP contribution in [-0.2, 0) is 13.1 Å². The van der Waals surface area contributed by atoms with Crippen molar-refractivity contribution >= 4 is 0 Å². The number of aromatic hydroxyl groups is 1. The molecule has 1 heterocycles. The van der Waals surface area contributed by atoms with E-state index in [-0.39, 0.29) is 6.10 Å². The van der Waals surface area contributed by atoms with Gasteiger partial charge in [0, 0.05) is 25.2 Å². The molecule has 23 heavy (non-hydrogen) atoms. The van der Waals surface area contributed by atoms with E-state index in [0.29, 0.717) is 5.75 Å². The van der Waals surface area contributed by atoms with Gasteiger partial charge in [0.15, 0.2) is 0 Å². The molecule has 3 rings (SSSR count). The molecule has 1 aliphatic heterocycles. The molecule has 0 saturated heterocycles. The third-order valence-corrected chi connectivity index (χ3v) is 4.19. The molecule has 0 fully saturated rings. The van der Waals surface area contributed by atoms with Gasteiger partial charge in [-0.1, -0.05) is 19.1 Å². The Morgan fingerprint density at radius 2 is 2.13 bits per heavy atom. The Kier molecular flexibility index (Phi) is 4.72. The van der Waals surface area contributed by atoms with Crippen molar-refractivity contribution in [2.45, 2.75) is 32.5 Å². The van der Waals surface area contributed by atoms with Crippen LogP contribution in [-0.4, -0.2) is 29.8 Å². The van der Waals surface area contributed by atoms with E-state index in [2.05, 4.69) is 11.8 Å². The molecule has 2 aromatic rings. The first-order valence-electron chi connectivity index (χ1n) is 8.01. The van der Waals surface area contributed by atoms with Crippen molar-refractivity contribution < 1.29 is 14.6 Å². The Bertz CT molecular complexity index is 671. The second-order valence-corrected chi connectivity index (χ2v) is 5.96. The summed E-state index contributed by atoms with van der Waals surface area (Å²) in [6, 6.07) is 13.4. The minimum absolute atomic E-state index is 0.168. The van der Waals surface area contributed by atoms with Crippen molar-refractivity contribution in [2.75, 3.05) is 13.7 Å². The summed E-state index contributed by atoms with van der Waals surface area (Å²) in [6.07, 6.45) is 1.13. The van der Waals surface area contributed by atoms with Crippen molar-refractivity contribution in [1.29, 1.82) is 0 Å². The molecule has 0 aromatic heterocycles. The van der Waals surface area contributed by atoms with Crippen LogP contribution in [0.15, 0.2) is 42.5 Å². The van der Waals surface area contributed by atoms with E-state index in [4.69, 9.17) is 9.47 Å². The molecule has 4 heteroatoms. The molecule has 2 aromatic carbocycles. The number of phenolic OH excluding ortho intramolecular Hbond substituents is 1. The largest absolute Gasteiger partial charge is 0.508 e. The van der Waals surface area contributed by atoms with E-state index in [1.807, 2.05) is 36.4 Å². The number of rotatable bonds is 4. The van der Waals surface area contributed by atoms with E-state index >= 15 is 0 Å². The van der Waals surface area contributed by atoms with Crippen LogP contribution in [0.2, 0.25) is 0 Å².